The van der Waals surface area contributed by atoms with E-state index in [-0.39, 0.29) is 0 Å². The van der Waals surface area contributed by atoms with E-state index in [1.165, 1.54) is 0 Å². The van der Waals surface area contributed by atoms with E-state index in [4.69, 9.17) is 5.73 Å². The Morgan fingerprint density at radius 2 is 1.77 bits per heavy atom. The van der Waals surface area contributed by atoms with E-state index in [0.29, 0.717) is 18.9 Å². The Labute approximate surface area is 125 Å². The number of nitrogens with two attached hydrogens (primary N) is 1. The van der Waals surface area contributed by atoms with Crippen LogP contribution < -0.4 is 16.4 Å². The minimum Gasteiger partial charge on any atom is -0.345 e. The average molecular weight is 315 g/mol. The van der Waals surface area contributed by atoms with E-state index in [1.54, 1.807) is 0 Å². The first-order chi connectivity index (χ1) is 10.3. The molecule has 4 N–H and O–H groups in total. The van der Waals surface area contributed by atoms with Crippen molar-refractivity contribution in [1.29, 1.82) is 0 Å². The number of carbonyl (C=O) groups is 2. The van der Waals surface area contributed by atoms with Crippen molar-refractivity contribution >= 4 is 17.5 Å². The summed E-state index contributed by atoms with van der Waals surface area (Å²) in [4.78, 5) is 23.5. The summed E-state index contributed by atoms with van der Waals surface area (Å²) in [5.74, 6) is -5.74. The van der Waals surface area contributed by atoms with Crippen LogP contribution in [0.2, 0.25) is 0 Å². The molecule has 0 atom stereocenters. The van der Waals surface area contributed by atoms with Crippen molar-refractivity contribution in [3.05, 3.63) is 29.6 Å². The maximum atomic E-state index is 13.4. The molecule has 0 unspecified atom stereocenters. The van der Waals surface area contributed by atoms with E-state index < -0.39 is 47.0 Å². The number of hydrogen-bond donors (Lipinski definition) is 3. The summed E-state index contributed by atoms with van der Waals surface area (Å²) < 4.78 is 39.2. The Balaban J connectivity index is 1.91. The Hall–Kier alpha value is -2.09. The van der Waals surface area contributed by atoms with Gasteiger partial charge in [-0.3, -0.25) is 9.59 Å². The molecule has 1 saturated carbocycles. The monoisotopic (exact) mass is 315 g/mol. The topological polar surface area (TPSA) is 84.2 Å². The van der Waals surface area contributed by atoms with Crippen LogP contribution in [-0.4, -0.2) is 23.9 Å². The standard InChI is InChI=1S/C14H16F3N3O2/c15-8-3-4-9(12(17)11(8)16)20-10(21)7-19-13(22)14(18)5-1-2-6-14/h3-4H,1-2,5-7,18H2,(H,19,22)(H,20,21). The van der Waals surface area contributed by atoms with Gasteiger partial charge in [0.15, 0.2) is 17.5 Å². The van der Waals surface area contributed by atoms with Gasteiger partial charge >= 0.3 is 0 Å². The van der Waals surface area contributed by atoms with E-state index in [0.717, 1.165) is 18.9 Å². The van der Waals surface area contributed by atoms with Crippen molar-refractivity contribution in [2.24, 2.45) is 5.73 Å². The van der Waals surface area contributed by atoms with Gasteiger partial charge in [0.25, 0.3) is 0 Å². The molecule has 0 spiro atoms. The first kappa shape index (κ1) is 16.3. The number of halogens is 3. The number of nitrogens with one attached hydrogen (secondary N) is 2. The zero-order chi connectivity index (χ0) is 16.3. The van der Waals surface area contributed by atoms with E-state index in [9.17, 15) is 22.8 Å². The van der Waals surface area contributed by atoms with Gasteiger partial charge < -0.3 is 16.4 Å². The Bertz CT molecular complexity index is 601. The van der Waals surface area contributed by atoms with Gasteiger partial charge in [-0.25, -0.2) is 13.2 Å². The summed E-state index contributed by atoms with van der Waals surface area (Å²) in [6.45, 7) is -0.434. The average Bonchev–Trinajstić information content (AvgIpc) is 2.93. The van der Waals surface area contributed by atoms with Gasteiger partial charge in [0.05, 0.1) is 17.8 Å². The minimum atomic E-state index is -1.67. The van der Waals surface area contributed by atoms with Crippen molar-refractivity contribution in [2.45, 2.75) is 31.2 Å². The van der Waals surface area contributed by atoms with E-state index >= 15 is 0 Å². The number of benzene rings is 1. The summed E-state index contributed by atoms with van der Waals surface area (Å²) >= 11 is 0. The zero-order valence-corrected chi connectivity index (χ0v) is 11.7. The lowest BCUT2D eigenvalue weighted by Crippen LogP contribution is -2.53. The first-order valence-corrected chi connectivity index (χ1v) is 6.84. The quantitative estimate of drug-likeness (QED) is 0.735. The highest BCUT2D eigenvalue weighted by atomic mass is 19.2. The molecular formula is C14H16F3N3O2. The zero-order valence-electron chi connectivity index (χ0n) is 11.7. The SMILES string of the molecule is NC1(C(=O)NCC(=O)Nc2ccc(F)c(F)c2F)CCCC1. The highest BCUT2D eigenvalue weighted by molar-refractivity contribution is 5.96. The summed E-state index contributed by atoms with van der Waals surface area (Å²) in [7, 11) is 0. The number of hydrogen-bond acceptors (Lipinski definition) is 3. The van der Waals surface area contributed by atoms with Gasteiger partial charge in [-0.05, 0) is 25.0 Å². The molecule has 0 heterocycles. The van der Waals surface area contributed by atoms with Crippen LogP contribution in [0.3, 0.4) is 0 Å². The Kier molecular flexibility index (Phi) is 4.70. The summed E-state index contributed by atoms with van der Waals surface area (Å²) in [6.07, 6.45) is 2.77. The molecule has 0 bridgehead atoms. The normalized spacial score (nSPS) is 16.4. The van der Waals surface area contributed by atoms with Crippen LogP contribution in [0.5, 0.6) is 0 Å². The Morgan fingerprint density at radius 3 is 2.41 bits per heavy atom. The van der Waals surface area contributed by atoms with Crippen LogP contribution in [-0.2, 0) is 9.59 Å². The molecule has 1 fully saturated rings. The Morgan fingerprint density at radius 1 is 1.14 bits per heavy atom. The molecule has 5 nitrogen and oxygen atoms in total. The lowest BCUT2D eigenvalue weighted by atomic mass is 9.98. The van der Waals surface area contributed by atoms with Crippen LogP contribution in [0.1, 0.15) is 25.7 Å². The lowest BCUT2D eigenvalue weighted by Gasteiger charge is -2.22. The maximum absolute atomic E-state index is 13.4. The lowest BCUT2D eigenvalue weighted by molar-refractivity contribution is -0.128. The van der Waals surface area contributed by atoms with Gasteiger partial charge in [-0.2, -0.15) is 0 Å². The minimum absolute atomic E-state index is 0.434. The fourth-order valence-corrected chi connectivity index (χ4v) is 2.39. The van der Waals surface area contributed by atoms with Crippen molar-refractivity contribution < 1.29 is 22.8 Å². The van der Waals surface area contributed by atoms with Gasteiger partial charge in [-0.15, -0.1) is 0 Å². The third-order valence-electron chi connectivity index (χ3n) is 3.67. The number of carbonyl (C=O) groups excluding carboxylic acids is 2. The van der Waals surface area contributed by atoms with Crippen molar-refractivity contribution in [1.82, 2.24) is 5.32 Å². The van der Waals surface area contributed by atoms with E-state index in [1.807, 2.05) is 0 Å². The second kappa shape index (κ2) is 6.35. The van der Waals surface area contributed by atoms with Crippen LogP contribution >= 0.6 is 0 Å². The summed E-state index contributed by atoms with van der Waals surface area (Å²) in [6, 6.07) is 1.59. The molecule has 1 aliphatic rings. The number of anilines is 1. The van der Waals surface area contributed by atoms with Crippen molar-refractivity contribution in [2.75, 3.05) is 11.9 Å². The molecule has 22 heavy (non-hydrogen) atoms. The van der Waals surface area contributed by atoms with Crippen molar-refractivity contribution in [3.63, 3.8) is 0 Å². The third-order valence-corrected chi connectivity index (χ3v) is 3.67. The third kappa shape index (κ3) is 3.38. The van der Waals surface area contributed by atoms with Gasteiger partial charge in [-0.1, -0.05) is 12.8 Å². The number of amides is 2. The number of rotatable bonds is 4. The van der Waals surface area contributed by atoms with Crippen LogP contribution in [0.15, 0.2) is 12.1 Å². The second-order valence-corrected chi connectivity index (χ2v) is 5.32. The van der Waals surface area contributed by atoms with Crippen LogP contribution in [0.25, 0.3) is 0 Å². The molecule has 1 aromatic carbocycles. The summed E-state index contributed by atoms with van der Waals surface area (Å²) in [5.41, 5.74) is 4.43. The van der Waals surface area contributed by atoms with Crippen LogP contribution in [0, 0.1) is 17.5 Å². The van der Waals surface area contributed by atoms with Crippen molar-refractivity contribution in [3.8, 4) is 0 Å². The molecule has 0 aromatic heterocycles. The van der Waals surface area contributed by atoms with Gasteiger partial charge in [0, 0.05) is 0 Å². The fourth-order valence-electron chi connectivity index (χ4n) is 2.39. The summed E-state index contributed by atoms with van der Waals surface area (Å²) in [5, 5.41) is 4.42. The molecule has 2 amide bonds. The smallest absolute Gasteiger partial charge is 0.243 e. The molecule has 1 aromatic rings. The molecule has 120 valence electrons. The molecule has 2 rings (SSSR count). The van der Waals surface area contributed by atoms with E-state index in [2.05, 4.69) is 10.6 Å². The predicted molar refractivity (Wildman–Crippen MR) is 73.3 cm³/mol. The van der Waals surface area contributed by atoms with Crippen LogP contribution in [0.4, 0.5) is 18.9 Å². The molecular weight excluding hydrogens is 299 g/mol. The maximum Gasteiger partial charge on any atom is 0.243 e. The predicted octanol–water partition coefficient (Wildman–Crippen LogP) is 1.43. The molecule has 8 heteroatoms. The largest absolute Gasteiger partial charge is 0.345 e. The molecule has 1 aliphatic carbocycles. The highest BCUT2D eigenvalue weighted by Crippen LogP contribution is 2.27. The molecule has 0 aliphatic heterocycles. The molecule has 0 saturated heterocycles. The van der Waals surface area contributed by atoms with Gasteiger partial charge in [0.2, 0.25) is 11.8 Å². The highest BCUT2D eigenvalue weighted by Gasteiger charge is 2.36. The fraction of sp³-hybridized carbons (Fsp3) is 0.429. The van der Waals surface area contributed by atoms with Gasteiger partial charge in [0.1, 0.15) is 0 Å². The molecule has 0 radical (unpaired) electrons. The first-order valence-electron chi connectivity index (χ1n) is 6.84. The second-order valence-electron chi connectivity index (χ2n) is 5.32.